The Morgan fingerprint density at radius 2 is 2.07 bits per heavy atom. The predicted octanol–water partition coefficient (Wildman–Crippen LogP) is 2.98. The summed E-state index contributed by atoms with van der Waals surface area (Å²) in [6, 6.07) is 9.89. The molecule has 1 fully saturated rings. The summed E-state index contributed by atoms with van der Waals surface area (Å²) in [6.45, 7) is 6.01. The Labute approximate surface area is 167 Å². The van der Waals surface area contributed by atoms with Gasteiger partial charge < -0.3 is 15.0 Å². The highest BCUT2D eigenvalue weighted by Crippen LogP contribution is 2.28. The smallest absolute Gasteiger partial charge is 0.223 e. The van der Waals surface area contributed by atoms with Gasteiger partial charge in [-0.15, -0.1) is 0 Å². The zero-order valence-electron chi connectivity index (χ0n) is 17.0. The van der Waals surface area contributed by atoms with E-state index in [0.29, 0.717) is 13.2 Å². The lowest BCUT2D eigenvalue weighted by Crippen LogP contribution is -2.41. The lowest BCUT2D eigenvalue weighted by atomic mass is 9.88. The third-order valence-electron chi connectivity index (χ3n) is 5.18. The molecule has 1 atom stereocenters. The third-order valence-corrected chi connectivity index (χ3v) is 5.18. The summed E-state index contributed by atoms with van der Waals surface area (Å²) in [7, 11) is 2.03. The van der Waals surface area contributed by atoms with Crippen LogP contribution in [0.5, 0.6) is 0 Å². The maximum atomic E-state index is 12.6. The molecule has 0 radical (unpaired) electrons. The molecule has 2 aromatic rings. The molecular weight excluding hydrogens is 352 g/mol. The van der Waals surface area contributed by atoms with Crippen molar-refractivity contribution >= 4 is 11.7 Å². The lowest BCUT2D eigenvalue weighted by molar-refractivity contribution is -0.135. The first-order valence-electron chi connectivity index (χ1n) is 9.91. The number of carbonyl (C=O) groups is 1. The summed E-state index contributed by atoms with van der Waals surface area (Å²) in [5.41, 5.74) is 1.85. The van der Waals surface area contributed by atoms with E-state index in [0.717, 1.165) is 42.9 Å². The monoisotopic (exact) mass is 382 g/mol. The van der Waals surface area contributed by atoms with Gasteiger partial charge in [-0.2, -0.15) is 0 Å². The van der Waals surface area contributed by atoms with Crippen molar-refractivity contribution in [1.29, 1.82) is 0 Å². The molecule has 1 aliphatic rings. The summed E-state index contributed by atoms with van der Waals surface area (Å²) in [6.07, 6.45) is 5.98. The third kappa shape index (κ3) is 5.52. The Morgan fingerprint density at radius 3 is 2.82 bits per heavy atom. The number of hydrogen-bond acceptors (Lipinski definition) is 5. The van der Waals surface area contributed by atoms with Crippen molar-refractivity contribution in [3.05, 3.63) is 54.0 Å². The van der Waals surface area contributed by atoms with Gasteiger partial charge in [0.1, 0.15) is 5.82 Å². The first kappa shape index (κ1) is 20.3. The molecular formula is C22H30N4O2. The van der Waals surface area contributed by atoms with Crippen LogP contribution in [0.1, 0.15) is 37.9 Å². The molecule has 150 valence electrons. The number of anilines is 1. The summed E-state index contributed by atoms with van der Waals surface area (Å²) in [5.74, 6) is 0.999. The minimum Gasteiger partial charge on any atom is -0.376 e. The summed E-state index contributed by atoms with van der Waals surface area (Å²) < 4.78 is 5.72. The van der Waals surface area contributed by atoms with Gasteiger partial charge in [0.25, 0.3) is 0 Å². The SMILES string of the molecule is CN(CCc1ccccn1)c1ncccc1CNC(=O)[C@H]1CCOC(C)(C)C1. The molecule has 0 aromatic carbocycles. The molecule has 0 spiro atoms. The van der Waals surface area contributed by atoms with Crippen LogP contribution in [-0.2, 0) is 22.5 Å². The van der Waals surface area contributed by atoms with Crippen molar-refractivity contribution < 1.29 is 9.53 Å². The van der Waals surface area contributed by atoms with Crippen LogP contribution in [0, 0.1) is 5.92 Å². The number of carbonyl (C=O) groups excluding carboxylic acids is 1. The van der Waals surface area contributed by atoms with E-state index in [4.69, 9.17) is 4.74 Å². The van der Waals surface area contributed by atoms with Gasteiger partial charge >= 0.3 is 0 Å². The molecule has 3 heterocycles. The number of amides is 1. The molecule has 1 amide bonds. The van der Waals surface area contributed by atoms with E-state index in [-0.39, 0.29) is 17.4 Å². The molecule has 0 aliphatic carbocycles. The maximum Gasteiger partial charge on any atom is 0.223 e. The van der Waals surface area contributed by atoms with Crippen LogP contribution < -0.4 is 10.2 Å². The van der Waals surface area contributed by atoms with Gasteiger partial charge in [-0.05, 0) is 44.9 Å². The summed E-state index contributed by atoms with van der Waals surface area (Å²) in [5, 5.41) is 3.10. The highest BCUT2D eigenvalue weighted by molar-refractivity contribution is 5.79. The standard InChI is InChI=1S/C22H30N4O2/c1-22(2)15-17(10-14-28-22)21(27)25-16-18-7-6-12-24-20(18)26(3)13-9-19-8-4-5-11-23-19/h4-8,11-12,17H,9-10,13-16H2,1-3H3,(H,25,27)/t17-/m0/s1. The van der Waals surface area contributed by atoms with E-state index in [1.807, 2.05) is 57.4 Å². The zero-order valence-corrected chi connectivity index (χ0v) is 17.0. The van der Waals surface area contributed by atoms with Crippen LogP contribution >= 0.6 is 0 Å². The molecule has 1 N–H and O–H groups in total. The fourth-order valence-corrected chi connectivity index (χ4v) is 3.63. The van der Waals surface area contributed by atoms with Gasteiger partial charge in [0.15, 0.2) is 0 Å². The number of aromatic nitrogens is 2. The molecule has 6 heteroatoms. The normalized spacial score (nSPS) is 18.5. The van der Waals surface area contributed by atoms with E-state index in [1.165, 1.54) is 0 Å². The van der Waals surface area contributed by atoms with Crippen molar-refractivity contribution in [3.63, 3.8) is 0 Å². The van der Waals surface area contributed by atoms with Crippen LogP contribution in [0.3, 0.4) is 0 Å². The van der Waals surface area contributed by atoms with Crippen molar-refractivity contribution in [1.82, 2.24) is 15.3 Å². The maximum absolute atomic E-state index is 12.6. The molecule has 3 rings (SSSR count). The number of hydrogen-bond donors (Lipinski definition) is 1. The predicted molar refractivity (Wildman–Crippen MR) is 110 cm³/mol. The fourth-order valence-electron chi connectivity index (χ4n) is 3.63. The molecule has 0 bridgehead atoms. The van der Waals surface area contributed by atoms with Gasteiger partial charge in [0, 0.05) is 62.7 Å². The Morgan fingerprint density at radius 1 is 1.25 bits per heavy atom. The number of likely N-dealkylation sites (N-methyl/N-ethyl adjacent to an activating group) is 1. The molecule has 1 aliphatic heterocycles. The Balaban J connectivity index is 1.58. The van der Waals surface area contributed by atoms with Crippen LogP contribution in [0.25, 0.3) is 0 Å². The van der Waals surface area contributed by atoms with Gasteiger partial charge in [-0.25, -0.2) is 4.98 Å². The number of pyridine rings is 2. The van der Waals surface area contributed by atoms with Crippen LogP contribution in [0.2, 0.25) is 0 Å². The highest BCUT2D eigenvalue weighted by atomic mass is 16.5. The first-order valence-corrected chi connectivity index (χ1v) is 9.91. The summed E-state index contributed by atoms with van der Waals surface area (Å²) >= 11 is 0. The van der Waals surface area contributed by atoms with E-state index >= 15 is 0 Å². The fraction of sp³-hybridized carbons (Fsp3) is 0.500. The minimum absolute atomic E-state index is 0.00533. The molecule has 0 unspecified atom stereocenters. The molecule has 6 nitrogen and oxygen atoms in total. The quantitative estimate of drug-likeness (QED) is 0.797. The molecule has 28 heavy (non-hydrogen) atoms. The second-order valence-corrected chi connectivity index (χ2v) is 7.99. The largest absolute Gasteiger partial charge is 0.376 e. The second kappa shape index (κ2) is 9.15. The molecule has 0 saturated carbocycles. The number of nitrogens with one attached hydrogen (secondary N) is 1. The second-order valence-electron chi connectivity index (χ2n) is 7.99. The lowest BCUT2D eigenvalue weighted by Gasteiger charge is -2.34. The average molecular weight is 383 g/mol. The van der Waals surface area contributed by atoms with Crippen LogP contribution in [0.15, 0.2) is 42.7 Å². The Bertz CT molecular complexity index is 779. The van der Waals surface area contributed by atoms with Crippen LogP contribution in [0.4, 0.5) is 5.82 Å². The topological polar surface area (TPSA) is 67.4 Å². The number of rotatable bonds is 7. The van der Waals surface area contributed by atoms with Gasteiger partial charge in [-0.1, -0.05) is 12.1 Å². The van der Waals surface area contributed by atoms with Crippen molar-refractivity contribution in [2.45, 2.75) is 45.3 Å². The first-order chi connectivity index (χ1) is 13.4. The average Bonchev–Trinajstić information content (AvgIpc) is 2.70. The van der Waals surface area contributed by atoms with Crippen molar-refractivity contribution in [2.24, 2.45) is 5.92 Å². The van der Waals surface area contributed by atoms with E-state index in [9.17, 15) is 4.79 Å². The van der Waals surface area contributed by atoms with E-state index in [2.05, 4.69) is 20.2 Å². The van der Waals surface area contributed by atoms with Crippen molar-refractivity contribution in [2.75, 3.05) is 25.1 Å². The van der Waals surface area contributed by atoms with Crippen LogP contribution in [-0.4, -0.2) is 41.7 Å². The Kier molecular flexibility index (Phi) is 6.62. The number of nitrogens with zero attached hydrogens (tertiary/aromatic N) is 3. The Hall–Kier alpha value is -2.47. The minimum atomic E-state index is -0.231. The van der Waals surface area contributed by atoms with Gasteiger partial charge in [0.05, 0.1) is 5.60 Å². The van der Waals surface area contributed by atoms with Gasteiger partial charge in [0.2, 0.25) is 5.91 Å². The van der Waals surface area contributed by atoms with Gasteiger partial charge in [-0.3, -0.25) is 9.78 Å². The van der Waals surface area contributed by atoms with E-state index in [1.54, 1.807) is 6.20 Å². The summed E-state index contributed by atoms with van der Waals surface area (Å²) in [4.78, 5) is 23.7. The zero-order chi connectivity index (χ0) is 20.0. The number of ether oxygens (including phenoxy) is 1. The molecule has 2 aromatic heterocycles. The van der Waals surface area contributed by atoms with Crippen molar-refractivity contribution in [3.8, 4) is 0 Å². The molecule has 1 saturated heterocycles. The highest BCUT2D eigenvalue weighted by Gasteiger charge is 2.32. The van der Waals surface area contributed by atoms with E-state index < -0.39 is 0 Å².